The predicted molar refractivity (Wildman–Crippen MR) is 136 cm³/mol. The van der Waals surface area contributed by atoms with E-state index in [1.54, 1.807) is 6.07 Å². The quantitative estimate of drug-likeness (QED) is 0.366. The zero-order valence-corrected chi connectivity index (χ0v) is 21.0. The molecule has 0 bridgehead atoms. The molecule has 1 aliphatic rings. The van der Waals surface area contributed by atoms with E-state index in [4.69, 9.17) is 23.2 Å². The van der Waals surface area contributed by atoms with E-state index in [-0.39, 0.29) is 64.1 Å². The Morgan fingerprint density at radius 2 is 1.47 bits per heavy atom. The molecule has 36 heavy (non-hydrogen) atoms. The van der Waals surface area contributed by atoms with Gasteiger partial charge in [-0.1, -0.05) is 59.6 Å². The Morgan fingerprint density at radius 3 is 2.03 bits per heavy atom. The van der Waals surface area contributed by atoms with Crippen molar-refractivity contribution in [2.45, 2.75) is 25.2 Å². The van der Waals surface area contributed by atoms with Crippen LogP contribution in [-0.4, -0.2) is 58.3 Å². The molecule has 0 radical (unpaired) electrons. The molecule has 1 heterocycles. The smallest absolute Gasteiger partial charge is 0.334 e. The molecule has 1 amide bonds. The molecule has 0 saturated heterocycles. The van der Waals surface area contributed by atoms with Gasteiger partial charge in [0.25, 0.3) is 0 Å². The average molecular weight is 533 g/mol. The van der Waals surface area contributed by atoms with Crippen molar-refractivity contribution in [3.8, 4) is 0 Å². The Labute approximate surface area is 218 Å². The number of allylic oxidation sites excluding steroid dienone is 1. The number of rotatable bonds is 10. The summed E-state index contributed by atoms with van der Waals surface area (Å²) in [6.45, 7) is -0.199. The van der Waals surface area contributed by atoms with Gasteiger partial charge in [0.05, 0.1) is 30.1 Å². The Kier molecular flexibility index (Phi) is 9.14. The van der Waals surface area contributed by atoms with Crippen LogP contribution in [-0.2, 0) is 20.8 Å². The number of carboxylic acids is 2. The molecule has 0 fully saturated rings. The summed E-state index contributed by atoms with van der Waals surface area (Å²) in [7, 11) is 1.49. The zero-order valence-electron chi connectivity index (χ0n) is 19.5. The van der Waals surface area contributed by atoms with Crippen molar-refractivity contribution in [1.82, 2.24) is 10.2 Å². The van der Waals surface area contributed by atoms with Gasteiger partial charge in [-0.05, 0) is 30.5 Å². The Balaban J connectivity index is 2.19. The number of aliphatic carboxylic acids is 2. The summed E-state index contributed by atoms with van der Waals surface area (Å²) in [6.07, 6.45) is 0.358. The van der Waals surface area contributed by atoms with Crippen LogP contribution in [0.1, 0.15) is 29.9 Å². The molecule has 4 N–H and O–H groups in total. The molecule has 190 valence electrons. The molecule has 10 heteroatoms. The van der Waals surface area contributed by atoms with E-state index in [0.717, 1.165) is 5.56 Å². The summed E-state index contributed by atoms with van der Waals surface area (Å²) in [6, 6.07) is 14.0. The van der Waals surface area contributed by atoms with Gasteiger partial charge >= 0.3 is 11.9 Å². The summed E-state index contributed by atoms with van der Waals surface area (Å²) < 4.78 is 0. The lowest BCUT2D eigenvalue weighted by Gasteiger charge is -2.32. The largest absolute Gasteiger partial charge is 0.478 e. The number of benzene rings is 2. The number of nitrogens with one attached hydrogen (secondary N) is 1. The molecule has 0 aliphatic carbocycles. The molecule has 8 nitrogen and oxygen atoms in total. The van der Waals surface area contributed by atoms with Crippen molar-refractivity contribution in [3.05, 3.63) is 92.2 Å². The lowest BCUT2D eigenvalue weighted by Crippen LogP contribution is -2.37. The number of aliphatic hydroxyl groups excluding tert-OH is 1. The van der Waals surface area contributed by atoms with Gasteiger partial charge < -0.3 is 25.5 Å². The van der Waals surface area contributed by atoms with Gasteiger partial charge in [0.1, 0.15) is 0 Å². The van der Waals surface area contributed by atoms with Gasteiger partial charge in [0.15, 0.2) is 0 Å². The number of carbonyl (C=O) groups is 3. The van der Waals surface area contributed by atoms with Crippen LogP contribution in [0, 0.1) is 0 Å². The van der Waals surface area contributed by atoms with E-state index in [1.165, 1.54) is 24.1 Å². The van der Waals surface area contributed by atoms with Gasteiger partial charge in [0.2, 0.25) is 5.91 Å². The van der Waals surface area contributed by atoms with Crippen LogP contribution in [0.25, 0.3) is 0 Å². The third kappa shape index (κ3) is 6.07. The summed E-state index contributed by atoms with van der Waals surface area (Å²) >= 11 is 12.9. The molecule has 0 spiro atoms. The minimum atomic E-state index is -1.41. The molecule has 0 saturated carbocycles. The van der Waals surface area contributed by atoms with Crippen molar-refractivity contribution in [2.24, 2.45) is 0 Å². The first-order valence-corrected chi connectivity index (χ1v) is 11.9. The maximum absolute atomic E-state index is 12.8. The monoisotopic (exact) mass is 532 g/mol. The van der Waals surface area contributed by atoms with Gasteiger partial charge in [0, 0.05) is 40.6 Å². The maximum atomic E-state index is 12.8. The molecule has 2 aromatic carbocycles. The number of hydrogen-bond donors (Lipinski definition) is 4. The number of amides is 1. The molecule has 1 aliphatic heterocycles. The zero-order chi connectivity index (χ0) is 26.4. The Morgan fingerprint density at radius 1 is 0.889 bits per heavy atom. The number of carbonyl (C=O) groups excluding carboxylic acids is 1. The summed E-state index contributed by atoms with van der Waals surface area (Å²) in [5, 5.41) is 32.8. The lowest BCUT2D eigenvalue weighted by molar-refractivity contribution is -0.133. The van der Waals surface area contributed by atoms with Gasteiger partial charge in [-0.3, -0.25) is 4.79 Å². The van der Waals surface area contributed by atoms with Crippen molar-refractivity contribution in [3.63, 3.8) is 0 Å². The second-order valence-electron chi connectivity index (χ2n) is 8.29. The van der Waals surface area contributed by atoms with Crippen LogP contribution in [0.5, 0.6) is 0 Å². The van der Waals surface area contributed by atoms with Crippen LogP contribution in [0.2, 0.25) is 10.0 Å². The number of halogens is 2. The van der Waals surface area contributed by atoms with Crippen LogP contribution in [0.4, 0.5) is 0 Å². The Bertz CT molecular complexity index is 1210. The summed E-state index contributed by atoms with van der Waals surface area (Å²) in [4.78, 5) is 39.2. The minimum Gasteiger partial charge on any atom is -0.478 e. The topological polar surface area (TPSA) is 127 Å². The summed E-state index contributed by atoms with van der Waals surface area (Å²) in [5.74, 6) is -4.50. The number of aryl methyl sites for hydroxylation is 1. The second-order valence-corrected chi connectivity index (χ2v) is 9.10. The van der Waals surface area contributed by atoms with Crippen molar-refractivity contribution in [1.29, 1.82) is 0 Å². The number of nitrogens with zero attached hydrogens (tertiary/aromatic N) is 1. The number of hydrogen-bond acceptors (Lipinski definition) is 5. The van der Waals surface area contributed by atoms with Gasteiger partial charge in [-0.25, -0.2) is 9.59 Å². The fraction of sp³-hybridized carbons (Fsp3) is 0.269. The highest BCUT2D eigenvalue weighted by Crippen LogP contribution is 2.45. The van der Waals surface area contributed by atoms with E-state index >= 15 is 0 Å². The average Bonchev–Trinajstić information content (AvgIpc) is 2.82. The van der Waals surface area contributed by atoms with Gasteiger partial charge in [-0.15, -0.1) is 0 Å². The molecule has 2 aromatic rings. The van der Waals surface area contributed by atoms with Crippen molar-refractivity contribution < 1.29 is 29.7 Å². The summed E-state index contributed by atoms with van der Waals surface area (Å²) in [5.41, 5.74) is 0.895. The third-order valence-corrected chi connectivity index (χ3v) is 6.63. The van der Waals surface area contributed by atoms with Crippen molar-refractivity contribution in [2.75, 3.05) is 20.2 Å². The highest BCUT2D eigenvalue weighted by molar-refractivity contribution is 6.36. The fourth-order valence-electron chi connectivity index (χ4n) is 4.20. The van der Waals surface area contributed by atoms with E-state index < -0.39 is 23.8 Å². The van der Waals surface area contributed by atoms with E-state index in [2.05, 4.69) is 5.32 Å². The highest BCUT2D eigenvalue weighted by Gasteiger charge is 2.40. The van der Waals surface area contributed by atoms with E-state index in [0.29, 0.717) is 6.42 Å². The number of aliphatic hydroxyl groups is 1. The molecule has 0 aromatic heterocycles. The molecule has 1 atom stereocenters. The molecular weight excluding hydrogens is 507 g/mol. The third-order valence-electron chi connectivity index (χ3n) is 5.97. The predicted octanol–water partition coefficient (Wildman–Crippen LogP) is 3.83. The number of carboxylic acid groups (broad SMARTS) is 2. The second kappa shape index (κ2) is 12.1. The first kappa shape index (κ1) is 27.3. The first-order valence-electron chi connectivity index (χ1n) is 11.2. The van der Waals surface area contributed by atoms with Gasteiger partial charge in [-0.2, -0.15) is 0 Å². The van der Waals surface area contributed by atoms with Crippen LogP contribution in [0.15, 0.2) is 71.1 Å². The maximum Gasteiger partial charge on any atom is 0.334 e. The molecule has 3 rings (SSSR count). The molecule has 1 unspecified atom stereocenters. The lowest BCUT2D eigenvalue weighted by atomic mass is 9.78. The standard InChI is InChI=1S/C26H26Cl2N2O6/c1-30(12-13-31)20(32)14-19-23(26(35)36)24(21-16(27)8-5-9-17(21)28)22(25(33)34)18(29-19)11-10-15-6-3-2-4-7-15/h2-9,24,29,31H,10-14H2,1H3,(H,33,34)(H,35,36). The minimum absolute atomic E-state index is 0.0475. The van der Waals surface area contributed by atoms with E-state index in [1.807, 2.05) is 30.3 Å². The SMILES string of the molecule is CN(CCO)C(=O)CC1=C(C(=O)O)C(c2c(Cl)cccc2Cl)C(C(=O)O)=C(CCc2ccccc2)N1. The number of likely N-dealkylation sites (N-methyl/N-ethyl adjacent to an activating group) is 1. The van der Waals surface area contributed by atoms with Crippen LogP contribution >= 0.6 is 23.2 Å². The number of dihydropyridines is 1. The Hall–Kier alpha value is -3.33. The normalized spacial score (nSPS) is 15.5. The van der Waals surface area contributed by atoms with Crippen LogP contribution < -0.4 is 5.32 Å². The fourth-order valence-corrected chi connectivity index (χ4v) is 4.82. The van der Waals surface area contributed by atoms with Crippen molar-refractivity contribution >= 4 is 41.0 Å². The van der Waals surface area contributed by atoms with Crippen LogP contribution in [0.3, 0.4) is 0 Å². The highest BCUT2D eigenvalue weighted by atomic mass is 35.5. The molecular formula is C26H26Cl2N2O6. The van der Waals surface area contributed by atoms with E-state index in [9.17, 15) is 29.7 Å². The first-order chi connectivity index (χ1) is 17.1.